The number of carbonyl (C=O) groups excluding carboxylic acids is 1. The first-order valence-electron chi connectivity index (χ1n) is 8.35. The first kappa shape index (κ1) is 15.9. The lowest BCUT2D eigenvalue weighted by atomic mass is 9.79. The van der Waals surface area contributed by atoms with Gasteiger partial charge in [0.25, 0.3) is 0 Å². The van der Waals surface area contributed by atoms with Crippen LogP contribution in [-0.2, 0) is 9.53 Å². The maximum absolute atomic E-state index is 12.6. The molecular formula is C20H24O3. The lowest BCUT2D eigenvalue weighted by Gasteiger charge is -2.33. The maximum Gasteiger partial charge on any atom is 0.343 e. The molecule has 0 fully saturated rings. The van der Waals surface area contributed by atoms with Crippen molar-refractivity contribution in [2.24, 2.45) is 0 Å². The van der Waals surface area contributed by atoms with E-state index in [0.29, 0.717) is 12.0 Å². The normalized spacial score (nSPS) is 24.2. The van der Waals surface area contributed by atoms with Crippen LogP contribution in [0.4, 0.5) is 0 Å². The van der Waals surface area contributed by atoms with Gasteiger partial charge in [-0.3, -0.25) is 0 Å². The molecule has 23 heavy (non-hydrogen) atoms. The van der Waals surface area contributed by atoms with Gasteiger partial charge in [0.15, 0.2) is 11.4 Å². The Morgan fingerprint density at radius 1 is 1.22 bits per heavy atom. The minimum Gasteiger partial charge on any atom is -0.507 e. The summed E-state index contributed by atoms with van der Waals surface area (Å²) in [6, 6.07) is 4.08. The van der Waals surface area contributed by atoms with Crippen LogP contribution in [0.25, 0.3) is 5.57 Å². The van der Waals surface area contributed by atoms with Crippen LogP contribution in [0.2, 0.25) is 0 Å². The van der Waals surface area contributed by atoms with E-state index < -0.39 is 11.6 Å². The Kier molecular flexibility index (Phi) is 3.83. The predicted octanol–water partition coefficient (Wildman–Crippen LogP) is 4.70. The zero-order valence-electron chi connectivity index (χ0n) is 14.3. The summed E-state index contributed by atoms with van der Waals surface area (Å²) in [5, 5.41) is 11.0. The van der Waals surface area contributed by atoms with Crippen LogP contribution in [-0.4, -0.2) is 16.7 Å². The average molecular weight is 312 g/mol. The molecule has 1 aliphatic heterocycles. The van der Waals surface area contributed by atoms with Crippen LogP contribution < -0.4 is 0 Å². The fourth-order valence-electron chi connectivity index (χ4n) is 4.12. The molecule has 1 aromatic carbocycles. The van der Waals surface area contributed by atoms with E-state index in [1.54, 1.807) is 0 Å². The van der Waals surface area contributed by atoms with Crippen molar-refractivity contribution in [2.75, 3.05) is 0 Å². The van der Waals surface area contributed by atoms with Crippen molar-refractivity contribution in [2.45, 2.75) is 59.0 Å². The molecule has 0 bridgehead atoms. The van der Waals surface area contributed by atoms with Gasteiger partial charge in [-0.1, -0.05) is 30.7 Å². The zero-order chi connectivity index (χ0) is 16.8. The van der Waals surface area contributed by atoms with Gasteiger partial charge in [-0.2, -0.15) is 0 Å². The molecule has 2 aliphatic rings. The van der Waals surface area contributed by atoms with E-state index in [0.717, 1.165) is 47.1 Å². The van der Waals surface area contributed by atoms with Crippen LogP contribution >= 0.6 is 0 Å². The predicted molar refractivity (Wildman–Crippen MR) is 91.2 cm³/mol. The summed E-state index contributed by atoms with van der Waals surface area (Å²) >= 11 is 0. The highest BCUT2D eigenvalue weighted by Crippen LogP contribution is 2.48. The molecule has 1 heterocycles. The minimum atomic E-state index is -0.927. The molecule has 122 valence electrons. The van der Waals surface area contributed by atoms with E-state index in [1.165, 1.54) is 0 Å². The zero-order valence-corrected chi connectivity index (χ0v) is 14.3. The van der Waals surface area contributed by atoms with Crippen molar-refractivity contribution in [1.29, 1.82) is 0 Å². The van der Waals surface area contributed by atoms with Gasteiger partial charge in [-0.15, -0.1) is 0 Å². The van der Waals surface area contributed by atoms with E-state index in [4.69, 9.17) is 4.74 Å². The fraction of sp³-hybridized carbons (Fsp3) is 0.450. The van der Waals surface area contributed by atoms with Gasteiger partial charge in [0.05, 0.1) is 0 Å². The molecule has 0 radical (unpaired) electrons. The number of aliphatic hydroxyl groups is 1. The van der Waals surface area contributed by atoms with Crippen molar-refractivity contribution in [3.63, 3.8) is 0 Å². The van der Waals surface area contributed by atoms with Crippen molar-refractivity contribution in [1.82, 2.24) is 0 Å². The summed E-state index contributed by atoms with van der Waals surface area (Å²) < 4.78 is 5.78. The van der Waals surface area contributed by atoms with Crippen molar-refractivity contribution < 1.29 is 14.6 Å². The van der Waals surface area contributed by atoms with Crippen molar-refractivity contribution in [3.05, 3.63) is 51.8 Å². The molecule has 0 amide bonds. The second-order valence-corrected chi connectivity index (χ2v) is 6.69. The molecule has 0 saturated carbocycles. The summed E-state index contributed by atoms with van der Waals surface area (Å²) in [6.07, 6.45) is 5.45. The molecule has 0 aromatic heterocycles. The highest BCUT2D eigenvalue weighted by Gasteiger charge is 2.51. The van der Waals surface area contributed by atoms with Crippen molar-refractivity contribution >= 4 is 11.5 Å². The van der Waals surface area contributed by atoms with Gasteiger partial charge in [0, 0.05) is 0 Å². The molecule has 1 atom stereocenters. The third-order valence-corrected chi connectivity index (χ3v) is 5.04. The smallest absolute Gasteiger partial charge is 0.343 e. The summed E-state index contributed by atoms with van der Waals surface area (Å²) in [5.74, 6) is -0.302. The van der Waals surface area contributed by atoms with E-state index in [-0.39, 0.29) is 5.76 Å². The SMILES string of the molecule is CCC1=CCCCC12OC(=O)C(c1c(C)cc(C)cc1C)=C2O. The molecule has 3 rings (SSSR count). The van der Waals surface area contributed by atoms with Crippen LogP contribution in [0, 0.1) is 20.8 Å². The largest absolute Gasteiger partial charge is 0.507 e. The molecule has 1 unspecified atom stereocenters. The number of hydrogen-bond acceptors (Lipinski definition) is 3. The molecule has 1 aliphatic carbocycles. The first-order chi connectivity index (χ1) is 10.9. The second-order valence-electron chi connectivity index (χ2n) is 6.69. The average Bonchev–Trinajstić information content (AvgIpc) is 2.72. The van der Waals surface area contributed by atoms with E-state index in [2.05, 4.69) is 6.08 Å². The second kappa shape index (κ2) is 5.55. The standard InChI is InChI=1S/C20H24O3/c1-5-15-8-6-7-9-20(15)18(21)17(19(22)23-20)16-13(3)10-12(2)11-14(16)4/h8,10-11,21H,5-7,9H2,1-4H3. The van der Waals surface area contributed by atoms with Gasteiger partial charge < -0.3 is 9.84 Å². The Balaban J connectivity index is 2.22. The van der Waals surface area contributed by atoms with Gasteiger partial charge in [0.1, 0.15) is 5.57 Å². The maximum atomic E-state index is 12.6. The topological polar surface area (TPSA) is 46.5 Å². The molecule has 1 N–H and O–H groups in total. The van der Waals surface area contributed by atoms with E-state index >= 15 is 0 Å². The summed E-state index contributed by atoms with van der Waals surface area (Å²) in [7, 11) is 0. The molecule has 3 heteroatoms. The lowest BCUT2D eigenvalue weighted by molar-refractivity contribution is -0.144. The Morgan fingerprint density at radius 2 is 1.87 bits per heavy atom. The molecule has 1 aromatic rings. The Bertz CT molecular complexity index is 716. The lowest BCUT2D eigenvalue weighted by Crippen LogP contribution is -2.36. The van der Waals surface area contributed by atoms with Gasteiger partial charge >= 0.3 is 5.97 Å². The first-order valence-corrected chi connectivity index (χ1v) is 8.35. The van der Waals surface area contributed by atoms with Gasteiger partial charge in [-0.05, 0) is 68.7 Å². The fourth-order valence-corrected chi connectivity index (χ4v) is 4.12. The number of aryl methyl sites for hydroxylation is 3. The summed E-state index contributed by atoms with van der Waals surface area (Å²) in [5.41, 5.74) is 4.40. The highest BCUT2D eigenvalue weighted by atomic mass is 16.6. The number of aliphatic hydroxyl groups excluding tert-OH is 1. The number of rotatable bonds is 2. The summed E-state index contributed by atoms with van der Waals surface area (Å²) in [4.78, 5) is 12.6. The highest BCUT2D eigenvalue weighted by molar-refractivity contribution is 6.20. The number of esters is 1. The van der Waals surface area contributed by atoms with Gasteiger partial charge in [0.2, 0.25) is 0 Å². The third-order valence-electron chi connectivity index (χ3n) is 5.04. The molecule has 1 spiro atoms. The number of carbonyl (C=O) groups is 1. The Labute approximate surface area is 137 Å². The molecule has 3 nitrogen and oxygen atoms in total. The molecule has 0 saturated heterocycles. The monoisotopic (exact) mass is 312 g/mol. The van der Waals surface area contributed by atoms with Crippen LogP contribution in [0.3, 0.4) is 0 Å². The number of allylic oxidation sites excluding steroid dienone is 1. The Hall–Kier alpha value is -2.03. The van der Waals surface area contributed by atoms with E-state index in [1.807, 2.05) is 39.8 Å². The molecular weight excluding hydrogens is 288 g/mol. The van der Waals surface area contributed by atoms with Crippen LogP contribution in [0.15, 0.2) is 29.5 Å². The minimum absolute atomic E-state index is 0.102. The van der Waals surface area contributed by atoms with E-state index in [9.17, 15) is 9.90 Å². The third kappa shape index (κ3) is 2.30. The van der Waals surface area contributed by atoms with Gasteiger partial charge in [-0.25, -0.2) is 4.79 Å². The van der Waals surface area contributed by atoms with Crippen molar-refractivity contribution in [3.8, 4) is 0 Å². The van der Waals surface area contributed by atoms with Crippen LogP contribution in [0.5, 0.6) is 0 Å². The summed E-state index contributed by atoms with van der Waals surface area (Å²) in [6.45, 7) is 8.03. The Morgan fingerprint density at radius 3 is 2.48 bits per heavy atom. The number of benzene rings is 1. The van der Waals surface area contributed by atoms with Crippen LogP contribution in [0.1, 0.15) is 54.9 Å². The quantitative estimate of drug-likeness (QED) is 0.636. The number of hydrogen-bond donors (Lipinski definition) is 1. The number of ether oxygens (including phenoxy) is 1.